The summed E-state index contributed by atoms with van der Waals surface area (Å²) in [4.78, 5) is 28.1. The number of rotatable bonds is 4. The fourth-order valence-corrected chi connectivity index (χ4v) is 2.46. The number of carbonyl (C=O) groups excluding carboxylic acids is 1. The van der Waals surface area contributed by atoms with Crippen LogP contribution in [0, 0.1) is 10.1 Å². The third kappa shape index (κ3) is 2.87. The zero-order valence-corrected chi connectivity index (χ0v) is 12.1. The monoisotopic (exact) mass is 307 g/mol. The molecule has 0 spiro atoms. The van der Waals surface area contributed by atoms with Crippen LogP contribution in [0.3, 0.4) is 0 Å². The Balaban J connectivity index is 2.13. The molecule has 1 atom stereocenters. The average Bonchev–Trinajstić information content (AvgIpc) is 2.62. The molecule has 0 radical (unpaired) electrons. The number of benzene rings is 1. The van der Waals surface area contributed by atoms with Gasteiger partial charge < -0.3 is 9.69 Å². The standard InChI is InChI=1S/C17H13N3O3/c21-12-17-16(20(22)23)10-13(15-8-4-5-9-18-15)11-19(17)14-6-2-1-3-7-14/h1-12,17H. The van der Waals surface area contributed by atoms with Gasteiger partial charge in [0.2, 0.25) is 0 Å². The quantitative estimate of drug-likeness (QED) is 0.493. The van der Waals surface area contributed by atoms with Crippen LogP contribution < -0.4 is 4.90 Å². The highest BCUT2D eigenvalue weighted by molar-refractivity contribution is 5.83. The molecule has 0 saturated carbocycles. The molecule has 23 heavy (non-hydrogen) atoms. The van der Waals surface area contributed by atoms with Gasteiger partial charge >= 0.3 is 0 Å². The van der Waals surface area contributed by atoms with E-state index < -0.39 is 11.0 Å². The SMILES string of the molecule is O=CC1C([N+](=O)[O-])=CC(c2ccccn2)=CN1c1ccccc1. The minimum atomic E-state index is -0.972. The van der Waals surface area contributed by atoms with E-state index in [2.05, 4.69) is 4.98 Å². The lowest BCUT2D eigenvalue weighted by Crippen LogP contribution is -2.38. The number of hydrogen-bond acceptors (Lipinski definition) is 5. The van der Waals surface area contributed by atoms with Crippen molar-refractivity contribution in [1.29, 1.82) is 0 Å². The first-order valence-corrected chi connectivity index (χ1v) is 6.98. The lowest BCUT2D eigenvalue weighted by molar-refractivity contribution is -0.427. The molecule has 0 N–H and O–H groups in total. The van der Waals surface area contributed by atoms with Crippen molar-refractivity contribution in [1.82, 2.24) is 4.98 Å². The van der Waals surface area contributed by atoms with E-state index in [0.717, 1.165) is 0 Å². The van der Waals surface area contributed by atoms with Gasteiger partial charge in [-0.3, -0.25) is 15.1 Å². The smallest absolute Gasteiger partial charge is 0.276 e. The number of anilines is 1. The molecule has 114 valence electrons. The van der Waals surface area contributed by atoms with Crippen molar-refractivity contribution in [2.75, 3.05) is 4.90 Å². The lowest BCUT2D eigenvalue weighted by Gasteiger charge is -2.28. The van der Waals surface area contributed by atoms with Crippen LogP contribution in [0.4, 0.5) is 5.69 Å². The van der Waals surface area contributed by atoms with Crippen molar-refractivity contribution in [3.8, 4) is 0 Å². The molecular formula is C17H13N3O3. The minimum absolute atomic E-state index is 0.174. The molecule has 2 heterocycles. The van der Waals surface area contributed by atoms with E-state index in [1.807, 2.05) is 24.3 Å². The second kappa shape index (κ2) is 6.23. The third-order valence-corrected chi connectivity index (χ3v) is 3.54. The first-order valence-electron chi connectivity index (χ1n) is 6.98. The second-order valence-electron chi connectivity index (χ2n) is 4.95. The molecule has 1 unspecified atom stereocenters. The Labute approximate surface area is 132 Å². The van der Waals surface area contributed by atoms with Gasteiger partial charge in [0.1, 0.15) is 0 Å². The van der Waals surface area contributed by atoms with Gasteiger partial charge in [-0.05, 0) is 24.3 Å². The normalized spacial score (nSPS) is 17.2. The first-order chi connectivity index (χ1) is 11.2. The molecule has 0 fully saturated rings. The molecular weight excluding hydrogens is 294 g/mol. The van der Waals surface area contributed by atoms with Gasteiger partial charge in [-0.25, -0.2) is 0 Å². The fraction of sp³-hybridized carbons (Fsp3) is 0.0588. The van der Waals surface area contributed by atoms with Gasteiger partial charge in [0.25, 0.3) is 5.70 Å². The van der Waals surface area contributed by atoms with E-state index >= 15 is 0 Å². The van der Waals surface area contributed by atoms with Crippen LogP contribution in [0.1, 0.15) is 5.69 Å². The van der Waals surface area contributed by atoms with Crippen molar-refractivity contribution in [3.05, 3.63) is 88.5 Å². The lowest BCUT2D eigenvalue weighted by atomic mass is 10.0. The number of pyridine rings is 1. The summed E-state index contributed by atoms with van der Waals surface area (Å²) in [7, 11) is 0. The Morgan fingerprint density at radius 2 is 1.87 bits per heavy atom. The van der Waals surface area contributed by atoms with Gasteiger partial charge in [0.15, 0.2) is 12.3 Å². The molecule has 1 aromatic heterocycles. The van der Waals surface area contributed by atoms with Gasteiger partial charge in [0, 0.05) is 29.7 Å². The highest BCUT2D eigenvalue weighted by atomic mass is 16.6. The van der Waals surface area contributed by atoms with Crippen molar-refractivity contribution in [2.45, 2.75) is 6.04 Å². The summed E-state index contributed by atoms with van der Waals surface area (Å²) in [6.45, 7) is 0. The number of allylic oxidation sites excluding steroid dienone is 2. The summed E-state index contributed by atoms with van der Waals surface area (Å²) < 4.78 is 0. The fourth-order valence-electron chi connectivity index (χ4n) is 2.46. The van der Waals surface area contributed by atoms with Gasteiger partial charge in [0.05, 0.1) is 10.6 Å². The predicted molar refractivity (Wildman–Crippen MR) is 86.1 cm³/mol. The number of aromatic nitrogens is 1. The largest absolute Gasteiger partial charge is 0.327 e. The first kappa shape index (κ1) is 14.6. The summed E-state index contributed by atoms with van der Waals surface area (Å²) in [5.41, 5.74) is 1.72. The molecule has 6 heteroatoms. The summed E-state index contributed by atoms with van der Waals surface area (Å²) in [6, 6.07) is 13.4. The Morgan fingerprint density at radius 3 is 2.48 bits per heavy atom. The number of aldehydes is 1. The molecule has 0 saturated heterocycles. The van der Waals surface area contributed by atoms with Gasteiger partial charge in [-0.15, -0.1) is 0 Å². The number of nitrogens with zero attached hydrogens (tertiary/aromatic N) is 3. The van der Waals surface area contributed by atoms with Crippen molar-refractivity contribution in [3.63, 3.8) is 0 Å². The maximum atomic E-state index is 11.5. The van der Waals surface area contributed by atoms with E-state index in [4.69, 9.17) is 0 Å². The second-order valence-corrected chi connectivity index (χ2v) is 4.95. The van der Waals surface area contributed by atoms with Crippen molar-refractivity contribution < 1.29 is 9.72 Å². The van der Waals surface area contributed by atoms with Gasteiger partial charge in [-0.2, -0.15) is 0 Å². The number of para-hydroxylation sites is 1. The highest BCUT2D eigenvalue weighted by Gasteiger charge is 2.34. The highest BCUT2D eigenvalue weighted by Crippen LogP contribution is 2.29. The number of nitro groups is 1. The van der Waals surface area contributed by atoms with Crippen LogP contribution in [0.5, 0.6) is 0 Å². The maximum absolute atomic E-state index is 11.5. The minimum Gasteiger partial charge on any atom is -0.327 e. The molecule has 6 nitrogen and oxygen atoms in total. The molecule has 1 aliphatic rings. The van der Waals surface area contributed by atoms with Crippen molar-refractivity contribution in [2.24, 2.45) is 0 Å². The molecule has 0 bridgehead atoms. The molecule has 2 aromatic rings. The van der Waals surface area contributed by atoms with Crippen LogP contribution in [0.25, 0.3) is 5.57 Å². The van der Waals surface area contributed by atoms with E-state index in [1.165, 1.54) is 6.08 Å². The Morgan fingerprint density at radius 1 is 1.13 bits per heavy atom. The van der Waals surface area contributed by atoms with E-state index in [-0.39, 0.29) is 5.70 Å². The van der Waals surface area contributed by atoms with Crippen LogP contribution in [-0.4, -0.2) is 22.2 Å². The Bertz CT molecular complexity index is 785. The van der Waals surface area contributed by atoms with Crippen LogP contribution >= 0.6 is 0 Å². The third-order valence-electron chi connectivity index (χ3n) is 3.54. The Kier molecular flexibility index (Phi) is 3.97. The summed E-state index contributed by atoms with van der Waals surface area (Å²) in [5.74, 6) is 0. The number of hydrogen-bond donors (Lipinski definition) is 0. The average molecular weight is 307 g/mol. The van der Waals surface area contributed by atoms with Crippen LogP contribution in [-0.2, 0) is 4.79 Å². The van der Waals surface area contributed by atoms with E-state index in [0.29, 0.717) is 23.2 Å². The molecule has 1 aromatic carbocycles. The zero-order chi connectivity index (χ0) is 16.2. The Hall–Kier alpha value is -3.28. The predicted octanol–water partition coefficient (Wildman–Crippen LogP) is 2.67. The van der Waals surface area contributed by atoms with E-state index in [9.17, 15) is 14.9 Å². The van der Waals surface area contributed by atoms with Crippen LogP contribution in [0.15, 0.2) is 72.7 Å². The maximum Gasteiger partial charge on any atom is 0.276 e. The van der Waals surface area contributed by atoms with Gasteiger partial charge in [-0.1, -0.05) is 24.3 Å². The molecule has 0 aliphatic carbocycles. The molecule has 1 aliphatic heterocycles. The summed E-state index contributed by atoms with van der Waals surface area (Å²) in [5, 5.41) is 11.4. The van der Waals surface area contributed by atoms with Crippen molar-refractivity contribution >= 4 is 17.5 Å². The molecule has 0 amide bonds. The van der Waals surface area contributed by atoms with E-state index in [1.54, 1.807) is 41.6 Å². The summed E-state index contributed by atoms with van der Waals surface area (Å²) >= 11 is 0. The number of carbonyl (C=O) groups is 1. The zero-order valence-electron chi connectivity index (χ0n) is 12.1. The summed E-state index contributed by atoms with van der Waals surface area (Å²) in [6.07, 6.45) is 5.31. The van der Waals surface area contributed by atoms with Crippen LogP contribution in [0.2, 0.25) is 0 Å². The molecule has 3 rings (SSSR count). The topological polar surface area (TPSA) is 76.3 Å².